The van der Waals surface area contributed by atoms with E-state index in [1.165, 1.54) is 12.1 Å². The summed E-state index contributed by atoms with van der Waals surface area (Å²) < 4.78 is 38.5. The topological polar surface area (TPSA) is 59.1 Å². The quantitative estimate of drug-likeness (QED) is 0.739. The molecule has 0 spiro atoms. The van der Waals surface area contributed by atoms with E-state index >= 15 is 0 Å². The lowest BCUT2D eigenvalue weighted by molar-refractivity contribution is -0.137. The van der Waals surface area contributed by atoms with Gasteiger partial charge in [0.1, 0.15) is 0 Å². The van der Waals surface area contributed by atoms with Crippen molar-refractivity contribution in [3.63, 3.8) is 0 Å². The third-order valence-electron chi connectivity index (χ3n) is 3.72. The number of fused-ring (bicyclic) bond motifs is 1. The predicted octanol–water partition coefficient (Wildman–Crippen LogP) is 4.99. The zero-order valence-corrected chi connectivity index (χ0v) is 14.8. The SMILES string of the molecule is O=C(/C=C/c1ccc(Cl)c(C(F)(F)F)c1)Nc1nc2c(s1)C(=O)CCC2. The summed E-state index contributed by atoms with van der Waals surface area (Å²) in [5.41, 5.74) is -0.101. The van der Waals surface area contributed by atoms with Crippen LogP contribution >= 0.6 is 22.9 Å². The fourth-order valence-corrected chi connectivity index (χ4v) is 3.71. The highest BCUT2D eigenvalue weighted by Crippen LogP contribution is 2.35. The number of carbonyl (C=O) groups is 2. The van der Waals surface area contributed by atoms with Crippen LogP contribution in [-0.4, -0.2) is 16.7 Å². The van der Waals surface area contributed by atoms with Crippen LogP contribution in [0, 0.1) is 0 Å². The zero-order chi connectivity index (χ0) is 18.9. The number of alkyl halides is 3. The Morgan fingerprint density at radius 3 is 2.77 bits per heavy atom. The molecule has 2 aromatic rings. The fraction of sp³-hybridized carbons (Fsp3) is 0.235. The standard InChI is InChI=1S/C17H12ClF3N2O2S/c18-11-6-4-9(8-10(11)17(19,20)21)5-7-14(25)23-16-22-12-2-1-3-13(24)15(12)26-16/h4-8H,1-3H2,(H,22,23,25)/b7-5+. The van der Waals surface area contributed by atoms with Crippen molar-refractivity contribution in [3.05, 3.63) is 51.0 Å². The number of anilines is 1. The second-order valence-corrected chi connectivity index (χ2v) is 7.04. The highest BCUT2D eigenvalue weighted by Gasteiger charge is 2.33. The second kappa shape index (κ2) is 7.20. The number of nitrogens with zero attached hydrogens (tertiary/aromatic N) is 1. The molecule has 3 rings (SSSR count). The minimum absolute atomic E-state index is 0.0145. The van der Waals surface area contributed by atoms with Gasteiger partial charge < -0.3 is 0 Å². The number of aryl methyl sites for hydroxylation is 1. The number of thiazole rings is 1. The zero-order valence-electron chi connectivity index (χ0n) is 13.2. The van der Waals surface area contributed by atoms with Gasteiger partial charge >= 0.3 is 6.18 Å². The summed E-state index contributed by atoms with van der Waals surface area (Å²) in [7, 11) is 0. The average Bonchev–Trinajstić information content (AvgIpc) is 2.97. The van der Waals surface area contributed by atoms with Gasteiger partial charge in [-0.2, -0.15) is 13.2 Å². The summed E-state index contributed by atoms with van der Waals surface area (Å²) in [5.74, 6) is -0.535. The molecule has 1 aromatic carbocycles. The number of hydrogen-bond donors (Lipinski definition) is 1. The van der Waals surface area contributed by atoms with Crippen molar-refractivity contribution in [3.8, 4) is 0 Å². The number of Topliss-reactive ketones (excluding diaryl/α,β-unsaturated/α-hetero) is 1. The maximum Gasteiger partial charge on any atom is 0.417 e. The fourth-order valence-electron chi connectivity index (χ4n) is 2.51. The Kier molecular flexibility index (Phi) is 5.15. The molecule has 0 radical (unpaired) electrons. The molecule has 0 bridgehead atoms. The van der Waals surface area contributed by atoms with Crippen LogP contribution in [0.1, 0.15) is 39.3 Å². The first-order chi connectivity index (χ1) is 12.2. The van der Waals surface area contributed by atoms with Gasteiger partial charge in [-0.25, -0.2) is 4.98 Å². The van der Waals surface area contributed by atoms with E-state index in [1.54, 1.807) is 0 Å². The largest absolute Gasteiger partial charge is 0.417 e. The van der Waals surface area contributed by atoms with Crippen LogP contribution in [-0.2, 0) is 17.4 Å². The predicted molar refractivity (Wildman–Crippen MR) is 93.5 cm³/mol. The summed E-state index contributed by atoms with van der Waals surface area (Å²) in [6, 6.07) is 3.37. The third-order valence-corrected chi connectivity index (χ3v) is 5.10. The van der Waals surface area contributed by atoms with E-state index in [-0.39, 0.29) is 11.3 Å². The summed E-state index contributed by atoms with van der Waals surface area (Å²) in [6.07, 6.45) is -0.323. The highest BCUT2D eigenvalue weighted by molar-refractivity contribution is 7.17. The molecule has 0 unspecified atom stereocenters. The van der Waals surface area contributed by atoms with E-state index in [0.29, 0.717) is 28.5 Å². The number of benzene rings is 1. The van der Waals surface area contributed by atoms with Gasteiger partial charge in [0.2, 0.25) is 5.91 Å². The third kappa shape index (κ3) is 4.13. The van der Waals surface area contributed by atoms with Crippen molar-refractivity contribution in [2.24, 2.45) is 0 Å². The molecule has 1 aliphatic rings. The minimum Gasteiger partial charge on any atom is -0.298 e. The van der Waals surface area contributed by atoms with Crippen LogP contribution in [0.25, 0.3) is 6.08 Å². The van der Waals surface area contributed by atoms with Gasteiger partial charge in [-0.3, -0.25) is 14.9 Å². The number of nitrogens with one attached hydrogen (secondary N) is 1. The van der Waals surface area contributed by atoms with E-state index in [2.05, 4.69) is 10.3 Å². The molecule has 136 valence electrons. The van der Waals surface area contributed by atoms with Crippen molar-refractivity contribution < 1.29 is 22.8 Å². The smallest absolute Gasteiger partial charge is 0.298 e. The van der Waals surface area contributed by atoms with Crippen LogP contribution in [0.3, 0.4) is 0 Å². The molecule has 0 saturated heterocycles. The Labute approximate surface area is 155 Å². The molecule has 1 aliphatic carbocycles. The maximum atomic E-state index is 12.8. The van der Waals surface area contributed by atoms with Gasteiger partial charge in [0.15, 0.2) is 10.9 Å². The van der Waals surface area contributed by atoms with Gasteiger partial charge in [-0.1, -0.05) is 29.0 Å². The molecular weight excluding hydrogens is 389 g/mol. The Hall–Kier alpha value is -2.19. The summed E-state index contributed by atoms with van der Waals surface area (Å²) >= 11 is 6.66. The first kappa shape index (κ1) is 18.6. The highest BCUT2D eigenvalue weighted by atomic mass is 35.5. The lowest BCUT2D eigenvalue weighted by Crippen LogP contribution is -2.08. The Morgan fingerprint density at radius 1 is 1.31 bits per heavy atom. The summed E-state index contributed by atoms with van der Waals surface area (Å²) in [6.45, 7) is 0. The summed E-state index contributed by atoms with van der Waals surface area (Å²) in [4.78, 5) is 28.5. The maximum absolute atomic E-state index is 12.8. The molecular formula is C17H12ClF3N2O2S. The Morgan fingerprint density at radius 2 is 2.08 bits per heavy atom. The van der Waals surface area contributed by atoms with E-state index in [9.17, 15) is 22.8 Å². The first-order valence-electron chi connectivity index (χ1n) is 7.63. The number of rotatable bonds is 3. The molecule has 0 aliphatic heterocycles. The van der Waals surface area contributed by atoms with Crippen molar-refractivity contribution in [1.82, 2.24) is 4.98 Å². The number of ketones is 1. The monoisotopic (exact) mass is 400 g/mol. The number of carbonyl (C=O) groups excluding carboxylic acids is 2. The Balaban J connectivity index is 1.72. The molecule has 1 heterocycles. The van der Waals surface area contributed by atoms with Crippen LogP contribution in [0.15, 0.2) is 24.3 Å². The van der Waals surface area contributed by atoms with Gasteiger partial charge in [-0.05, 0) is 36.6 Å². The van der Waals surface area contributed by atoms with Crippen LogP contribution < -0.4 is 5.32 Å². The van der Waals surface area contributed by atoms with Gasteiger partial charge in [0, 0.05) is 12.5 Å². The normalized spacial score (nSPS) is 14.5. The van der Waals surface area contributed by atoms with Gasteiger partial charge in [-0.15, -0.1) is 0 Å². The lowest BCUT2D eigenvalue weighted by Gasteiger charge is -2.09. The molecule has 1 N–H and O–H groups in total. The van der Waals surface area contributed by atoms with Gasteiger partial charge in [0.05, 0.1) is 21.2 Å². The number of halogens is 4. The van der Waals surface area contributed by atoms with E-state index in [4.69, 9.17) is 11.6 Å². The molecule has 0 atom stereocenters. The van der Waals surface area contributed by atoms with Crippen molar-refractivity contribution in [2.75, 3.05) is 5.32 Å². The van der Waals surface area contributed by atoms with E-state index in [0.717, 1.165) is 36.0 Å². The number of amides is 1. The molecule has 9 heteroatoms. The summed E-state index contributed by atoms with van der Waals surface area (Å²) in [5, 5.41) is 2.42. The number of aromatic nitrogens is 1. The molecule has 0 fully saturated rings. The second-order valence-electron chi connectivity index (χ2n) is 5.63. The Bertz CT molecular complexity index is 906. The molecule has 1 amide bonds. The van der Waals surface area contributed by atoms with E-state index in [1.807, 2.05) is 0 Å². The van der Waals surface area contributed by atoms with Crippen LogP contribution in [0.4, 0.5) is 18.3 Å². The average molecular weight is 401 g/mol. The molecule has 0 saturated carbocycles. The van der Waals surface area contributed by atoms with Crippen molar-refractivity contribution >= 4 is 45.8 Å². The lowest BCUT2D eigenvalue weighted by atomic mass is 10.0. The first-order valence-corrected chi connectivity index (χ1v) is 8.82. The van der Waals surface area contributed by atoms with Crippen molar-refractivity contribution in [1.29, 1.82) is 0 Å². The van der Waals surface area contributed by atoms with Crippen LogP contribution in [0.2, 0.25) is 5.02 Å². The molecule has 4 nitrogen and oxygen atoms in total. The van der Waals surface area contributed by atoms with Crippen molar-refractivity contribution in [2.45, 2.75) is 25.4 Å². The van der Waals surface area contributed by atoms with Crippen LogP contribution in [0.5, 0.6) is 0 Å². The number of hydrogen-bond acceptors (Lipinski definition) is 4. The van der Waals surface area contributed by atoms with E-state index < -0.39 is 22.7 Å². The minimum atomic E-state index is -4.57. The molecule has 1 aromatic heterocycles. The molecule has 26 heavy (non-hydrogen) atoms. The van der Waals surface area contributed by atoms with Gasteiger partial charge in [0.25, 0.3) is 0 Å².